The quantitative estimate of drug-likeness (QED) is 0.502. The first kappa shape index (κ1) is 12.2. The lowest BCUT2D eigenvalue weighted by Crippen LogP contribution is -2.37. The number of rotatable bonds is 6. The Morgan fingerprint density at radius 3 is 2.53 bits per heavy atom. The number of hydrogen-bond acceptors (Lipinski definition) is 4. The fourth-order valence-electron chi connectivity index (χ4n) is 1.21. The molecule has 0 aromatic heterocycles. The summed E-state index contributed by atoms with van der Waals surface area (Å²) in [6.07, 6.45) is 0.682. The van der Waals surface area contributed by atoms with Gasteiger partial charge in [-0.3, -0.25) is 0 Å². The van der Waals surface area contributed by atoms with Crippen LogP contribution >= 0.6 is 0 Å². The van der Waals surface area contributed by atoms with Gasteiger partial charge in [0.25, 0.3) is 0 Å². The van der Waals surface area contributed by atoms with Gasteiger partial charge in [0, 0.05) is 25.4 Å². The Kier molecular flexibility index (Phi) is 4.77. The zero-order chi connectivity index (χ0) is 11.1. The molecule has 0 aliphatic heterocycles. The summed E-state index contributed by atoms with van der Waals surface area (Å²) in [4.78, 5) is 18.5. The van der Waals surface area contributed by atoms with Crippen LogP contribution in [0.3, 0.4) is 0 Å². The first-order valence-electron chi connectivity index (χ1n) is 4.93. The molecule has 0 radical (unpaired) electrons. The van der Waals surface area contributed by atoms with E-state index in [9.17, 15) is 9.59 Å². The van der Waals surface area contributed by atoms with Crippen molar-refractivity contribution in [3.8, 4) is 0 Å². The molecule has 84 valence electrons. The molecule has 1 rings (SSSR count). The van der Waals surface area contributed by atoms with Gasteiger partial charge < -0.3 is 19.3 Å². The molecule has 5 heteroatoms. The summed E-state index contributed by atoms with van der Waals surface area (Å²) in [6.45, 7) is 0.712. The summed E-state index contributed by atoms with van der Waals surface area (Å²) >= 11 is 0. The van der Waals surface area contributed by atoms with Crippen molar-refractivity contribution in [3.63, 3.8) is 0 Å². The van der Waals surface area contributed by atoms with Crippen LogP contribution in [-0.2, 0) is 4.43 Å². The molecule has 0 aliphatic carbocycles. The molecule has 15 heavy (non-hydrogen) atoms. The van der Waals surface area contributed by atoms with Gasteiger partial charge in [-0.25, -0.2) is 0 Å². The van der Waals surface area contributed by atoms with E-state index in [1.807, 2.05) is 30.3 Å². The summed E-state index contributed by atoms with van der Waals surface area (Å²) in [5, 5.41) is 3.19. The first-order chi connectivity index (χ1) is 7.14. The molecule has 0 aliphatic rings. The number of hydrogen-bond donors (Lipinski definition) is 3. The van der Waals surface area contributed by atoms with Crippen molar-refractivity contribution in [1.82, 2.24) is 0 Å². The van der Waals surface area contributed by atoms with Crippen molar-refractivity contribution in [2.75, 3.05) is 19.0 Å². The lowest BCUT2D eigenvalue weighted by molar-refractivity contribution is 0.184. The van der Waals surface area contributed by atoms with E-state index in [1.165, 1.54) is 7.11 Å². The lowest BCUT2D eigenvalue weighted by Gasteiger charge is -2.14. The van der Waals surface area contributed by atoms with Crippen LogP contribution in [0, 0.1) is 0 Å². The molecule has 0 atom stereocenters. The van der Waals surface area contributed by atoms with E-state index in [-0.39, 0.29) is 0 Å². The van der Waals surface area contributed by atoms with E-state index in [2.05, 4.69) is 9.74 Å². The summed E-state index contributed by atoms with van der Waals surface area (Å²) in [7, 11) is -2.03. The molecule has 1 aromatic carbocycles. The fourth-order valence-corrected chi connectivity index (χ4v) is 2.05. The fraction of sp³-hybridized carbons (Fsp3) is 0.400. The normalized spacial score (nSPS) is 11.4. The Bertz CT molecular complexity index is 279. The van der Waals surface area contributed by atoms with Gasteiger partial charge in [-0.1, -0.05) is 18.2 Å². The maximum absolute atomic E-state index is 9.26. The molecule has 4 nitrogen and oxygen atoms in total. The highest BCUT2D eigenvalue weighted by atomic mass is 28.4. The second-order valence-electron chi connectivity index (χ2n) is 3.34. The molecule has 0 fully saturated rings. The summed E-state index contributed by atoms with van der Waals surface area (Å²) in [5.41, 5.74) is 1.04. The molecule has 0 bridgehead atoms. The van der Waals surface area contributed by atoms with Crippen LogP contribution in [0.25, 0.3) is 0 Å². The van der Waals surface area contributed by atoms with Gasteiger partial charge in [-0.2, -0.15) is 0 Å². The largest absolute Gasteiger partial charge is 0.495 e. The van der Waals surface area contributed by atoms with Crippen molar-refractivity contribution >= 4 is 14.5 Å². The van der Waals surface area contributed by atoms with E-state index in [4.69, 9.17) is 0 Å². The second kappa shape index (κ2) is 5.87. The molecular weight excluding hydrogens is 210 g/mol. The minimum absolute atomic E-state index is 0.323. The maximum atomic E-state index is 9.26. The van der Waals surface area contributed by atoms with Crippen LogP contribution in [0.1, 0.15) is 6.42 Å². The van der Waals surface area contributed by atoms with Crippen LogP contribution < -0.4 is 5.32 Å². The van der Waals surface area contributed by atoms with Gasteiger partial charge in [-0.05, 0) is 18.6 Å². The third kappa shape index (κ3) is 4.94. The topological polar surface area (TPSA) is 61.7 Å². The van der Waals surface area contributed by atoms with Crippen molar-refractivity contribution in [3.05, 3.63) is 30.3 Å². The average Bonchev–Trinajstić information content (AvgIpc) is 2.26. The predicted octanol–water partition coefficient (Wildman–Crippen LogP) is 1.06. The van der Waals surface area contributed by atoms with E-state index in [0.29, 0.717) is 19.0 Å². The van der Waals surface area contributed by atoms with Gasteiger partial charge >= 0.3 is 8.80 Å². The summed E-state index contributed by atoms with van der Waals surface area (Å²) in [6, 6.07) is 10.1. The van der Waals surface area contributed by atoms with Crippen LogP contribution in [0.5, 0.6) is 0 Å². The minimum atomic E-state index is -3.36. The Morgan fingerprint density at radius 1 is 1.27 bits per heavy atom. The van der Waals surface area contributed by atoms with Gasteiger partial charge in [0.1, 0.15) is 0 Å². The highest BCUT2D eigenvalue weighted by Crippen LogP contribution is 2.08. The molecule has 0 unspecified atom stereocenters. The van der Waals surface area contributed by atoms with Gasteiger partial charge in [0.15, 0.2) is 0 Å². The van der Waals surface area contributed by atoms with Gasteiger partial charge in [0.05, 0.1) is 0 Å². The van der Waals surface area contributed by atoms with Gasteiger partial charge in [-0.15, -0.1) is 0 Å². The Balaban J connectivity index is 2.18. The van der Waals surface area contributed by atoms with Crippen LogP contribution in [-0.4, -0.2) is 32.1 Å². The lowest BCUT2D eigenvalue weighted by atomic mass is 10.3. The van der Waals surface area contributed by atoms with Gasteiger partial charge in [0.2, 0.25) is 0 Å². The Labute approximate surface area is 90.9 Å². The predicted molar refractivity (Wildman–Crippen MR) is 61.6 cm³/mol. The molecule has 0 spiro atoms. The van der Waals surface area contributed by atoms with Crippen molar-refractivity contribution in [1.29, 1.82) is 0 Å². The number of nitrogens with one attached hydrogen (secondary N) is 1. The summed E-state index contributed by atoms with van der Waals surface area (Å²) < 4.78 is 4.61. The van der Waals surface area contributed by atoms with Crippen LogP contribution in [0.15, 0.2) is 30.3 Å². The molecular formula is C10H17NO3Si. The molecule has 0 heterocycles. The van der Waals surface area contributed by atoms with Crippen molar-refractivity contribution in [2.45, 2.75) is 12.5 Å². The number of anilines is 1. The van der Waals surface area contributed by atoms with E-state index < -0.39 is 8.80 Å². The molecule has 1 aromatic rings. The SMILES string of the molecule is CO[Si](O)(O)CCCNc1ccccc1. The molecule has 3 N–H and O–H groups in total. The Hall–Kier alpha value is -0.883. The number of para-hydroxylation sites is 1. The number of benzene rings is 1. The summed E-state index contributed by atoms with van der Waals surface area (Å²) in [5.74, 6) is 0. The first-order valence-corrected chi connectivity index (χ1v) is 6.94. The van der Waals surface area contributed by atoms with Crippen LogP contribution in [0.4, 0.5) is 5.69 Å². The van der Waals surface area contributed by atoms with E-state index >= 15 is 0 Å². The van der Waals surface area contributed by atoms with Crippen molar-refractivity contribution in [2.24, 2.45) is 0 Å². The highest BCUT2D eigenvalue weighted by molar-refractivity contribution is 6.57. The molecule has 0 saturated carbocycles. The van der Waals surface area contributed by atoms with Crippen molar-refractivity contribution < 1.29 is 14.0 Å². The zero-order valence-electron chi connectivity index (χ0n) is 8.81. The van der Waals surface area contributed by atoms with Crippen LogP contribution in [0.2, 0.25) is 6.04 Å². The molecule has 0 amide bonds. The smallest absolute Gasteiger partial charge is 0.390 e. The van der Waals surface area contributed by atoms with E-state index in [0.717, 1.165) is 5.69 Å². The third-order valence-electron chi connectivity index (χ3n) is 2.11. The zero-order valence-corrected chi connectivity index (χ0v) is 9.81. The highest BCUT2D eigenvalue weighted by Gasteiger charge is 2.29. The maximum Gasteiger partial charge on any atom is 0.495 e. The monoisotopic (exact) mass is 227 g/mol. The Morgan fingerprint density at radius 2 is 1.93 bits per heavy atom. The standard InChI is InChI=1S/C10H17NO3Si/c1-14-15(12,13)9-5-8-11-10-6-3-2-4-7-10/h2-4,6-7,11-13H,5,8-9H2,1H3. The third-order valence-corrected chi connectivity index (χ3v) is 3.77. The average molecular weight is 227 g/mol. The van der Waals surface area contributed by atoms with E-state index in [1.54, 1.807) is 0 Å². The minimum Gasteiger partial charge on any atom is -0.390 e. The molecule has 0 saturated heterocycles. The second-order valence-corrected chi connectivity index (χ2v) is 5.74.